The first-order valence-corrected chi connectivity index (χ1v) is 6.19. The summed E-state index contributed by atoms with van der Waals surface area (Å²) in [5.41, 5.74) is 2.81. The molecule has 0 bridgehead atoms. The van der Waals surface area contributed by atoms with Crippen molar-refractivity contribution in [3.63, 3.8) is 0 Å². The van der Waals surface area contributed by atoms with Crippen LogP contribution in [0, 0.1) is 6.92 Å². The van der Waals surface area contributed by atoms with Gasteiger partial charge in [0.05, 0.1) is 5.69 Å². The Hall–Kier alpha value is -2.13. The third-order valence-corrected chi connectivity index (χ3v) is 3.15. The highest BCUT2D eigenvalue weighted by atomic mass is 35.5. The molecule has 3 aromatic rings. The smallest absolute Gasteiger partial charge is 0.408 e. The number of aryl methyl sites for hydroxylation is 1. The van der Waals surface area contributed by atoms with Crippen molar-refractivity contribution in [3.8, 4) is 11.3 Å². The van der Waals surface area contributed by atoms with Crippen molar-refractivity contribution in [2.24, 2.45) is 0 Å². The molecule has 0 aliphatic carbocycles. The molecular formula is C15H10ClNO2. The van der Waals surface area contributed by atoms with Crippen molar-refractivity contribution in [3.05, 3.63) is 63.6 Å². The average Bonchev–Trinajstić information content (AvgIpc) is 2.40. The molecular weight excluding hydrogens is 262 g/mol. The minimum absolute atomic E-state index is 0.531. The summed E-state index contributed by atoms with van der Waals surface area (Å²) in [7, 11) is 0. The second-order valence-corrected chi connectivity index (χ2v) is 4.73. The third kappa shape index (κ3) is 2.13. The van der Waals surface area contributed by atoms with Gasteiger partial charge >= 0.3 is 5.76 Å². The molecule has 4 heteroatoms. The molecule has 0 unspecified atom stereocenters. The number of hydrogen-bond acceptors (Lipinski definition) is 3. The fraction of sp³-hybridized carbons (Fsp3) is 0.0667. The van der Waals surface area contributed by atoms with Gasteiger partial charge in [0, 0.05) is 16.0 Å². The average molecular weight is 272 g/mol. The molecule has 3 rings (SSSR count). The highest BCUT2D eigenvalue weighted by molar-refractivity contribution is 6.31. The molecule has 0 aliphatic rings. The van der Waals surface area contributed by atoms with Gasteiger partial charge < -0.3 is 4.42 Å². The van der Waals surface area contributed by atoms with Crippen LogP contribution in [0.4, 0.5) is 0 Å². The number of aromatic nitrogens is 1. The summed E-state index contributed by atoms with van der Waals surface area (Å²) in [6.07, 6.45) is 0. The van der Waals surface area contributed by atoms with Crippen LogP contribution in [0.3, 0.4) is 0 Å². The van der Waals surface area contributed by atoms with E-state index in [1.165, 1.54) is 0 Å². The van der Waals surface area contributed by atoms with Crippen LogP contribution in [0.5, 0.6) is 0 Å². The van der Waals surface area contributed by atoms with E-state index in [-0.39, 0.29) is 0 Å². The molecule has 0 spiro atoms. The van der Waals surface area contributed by atoms with E-state index in [0.29, 0.717) is 16.3 Å². The van der Waals surface area contributed by atoms with Gasteiger partial charge in [-0.25, -0.2) is 4.79 Å². The number of halogens is 1. The molecule has 0 aliphatic heterocycles. The molecule has 3 nitrogen and oxygen atoms in total. The largest absolute Gasteiger partial charge is 0.439 e. The Morgan fingerprint density at radius 1 is 1.16 bits per heavy atom. The molecule has 19 heavy (non-hydrogen) atoms. The monoisotopic (exact) mass is 271 g/mol. The van der Waals surface area contributed by atoms with Crippen molar-refractivity contribution in [1.29, 1.82) is 0 Å². The zero-order valence-corrected chi connectivity index (χ0v) is 10.9. The van der Waals surface area contributed by atoms with Crippen LogP contribution in [-0.4, -0.2) is 4.98 Å². The first-order valence-electron chi connectivity index (χ1n) is 5.81. The number of benzene rings is 2. The summed E-state index contributed by atoms with van der Waals surface area (Å²) < 4.78 is 5.18. The molecule has 0 saturated carbocycles. The molecule has 2 aromatic carbocycles. The van der Waals surface area contributed by atoms with Crippen molar-refractivity contribution < 1.29 is 4.42 Å². The number of hydrogen-bond donors (Lipinski definition) is 0. The second-order valence-electron chi connectivity index (χ2n) is 4.29. The standard InChI is InChI=1S/C15H10ClNO2/c1-9-7-11(16)8-12-13(10-5-3-2-4-6-10)17-15(18)19-14(9)12/h2-8H,1H3. The molecule has 94 valence electrons. The van der Waals surface area contributed by atoms with E-state index >= 15 is 0 Å². The van der Waals surface area contributed by atoms with E-state index < -0.39 is 5.76 Å². The first kappa shape index (κ1) is 11.9. The number of nitrogens with zero attached hydrogens (tertiary/aromatic N) is 1. The lowest BCUT2D eigenvalue weighted by atomic mass is 10.1. The fourth-order valence-corrected chi connectivity index (χ4v) is 2.39. The summed E-state index contributed by atoms with van der Waals surface area (Å²) in [6.45, 7) is 1.85. The van der Waals surface area contributed by atoms with Crippen LogP contribution >= 0.6 is 11.6 Å². The summed E-state index contributed by atoms with van der Waals surface area (Å²) in [6, 6.07) is 13.0. The minimum Gasteiger partial charge on any atom is -0.408 e. The van der Waals surface area contributed by atoms with E-state index in [4.69, 9.17) is 16.0 Å². The van der Waals surface area contributed by atoms with E-state index in [2.05, 4.69) is 4.98 Å². The van der Waals surface area contributed by atoms with Crippen molar-refractivity contribution in [1.82, 2.24) is 4.98 Å². The fourth-order valence-electron chi connectivity index (χ4n) is 2.12. The Morgan fingerprint density at radius 3 is 2.63 bits per heavy atom. The number of rotatable bonds is 1. The molecule has 0 saturated heterocycles. The maximum absolute atomic E-state index is 11.6. The van der Waals surface area contributed by atoms with Crippen LogP contribution in [0.1, 0.15) is 5.56 Å². The molecule has 0 fully saturated rings. The molecule has 0 N–H and O–H groups in total. The van der Waals surface area contributed by atoms with Gasteiger partial charge in [-0.15, -0.1) is 0 Å². The van der Waals surface area contributed by atoms with E-state index in [0.717, 1.165) is 16.5 Å². The van der Waals surface area contributed by atoms with Crippen LogP contribution < -0.4 is 5.76 Å². The van der Waals surface area contributed by atoms with Crippen LogP contribution in [-0.2, 0) is 0 Å². The SMILES string of the molecule is Cc1cc(Cl)cc2c(-c3ccccc3)nc(=O)oc12. The Bertz CT molecular complexity index is 809. The van der Waals surface area contributed by atoms with Gasteiger partial charge in [-0.05, 0) is 24.6 Å². The molecule has 1 heterocycles. The second kappa shape index (κ2) is 4.52. The van der Waals surface area contributed by atoms with Gasteiger partial charge in [-0.3, -0.25) is 0 Å². The molecule has 0 atom stereocenters. The highest BCUT2D eigenvalue weighted by Gasteiger charge is 2.11. The normalized spacial score (nSPS) is 10.8. The molecule has 0 radical (unpaired) electrons. The van der Waals surface area contributed by atoms with Gasteiger partial charge in [0.2, 0.25) is 0 Å². The van der Waals surface area contributed by atoms with E-state index in [1.807, 2.05) is 37.3 Å². The van der Waals surface area contributed by atoms with Crippen molar-refractivity contribution in [2.75, 3.05) is 0 Å². The van der Waals surface area contributed by atoms with Crippen LogP contribution in [0.25, 0.3) is 22.2 Å². The van der Waals surface area contributed by atoms with Crippen molar-refractivity contribution in [2.45, 2.75) is 6.92 Å². The molecule has 0 amide bonds. The predicted octanol–water partition coefficient (Wildman–Crippen LogP) is 3.82. The Balaban J connectivity index is 2.45. The molecule has 1 aromatic heterocycles. The quantitative estimate of drug-likeness (QED) is 0.676. The minimum atomic E-state index is -0.600. The van der Waals surface area contributed by atoms with Gasteiger partial charge in [-0.1, -0.05) is 41.9 Å². The lowest BCUT2D eigenvalue weighted by molar-refractivity contribution is 0.531. The van der Waals surface area contributed by atoms with Gasteiger partial charge in [0.25, 0.3) is 0 Å². The van der Waals surface area contributed by atoms with E-state index in [1.54, 1.807) is 12.1 Å². The maximum atomic E-state index is 11.6. The highest BCUT2D eigenvalue weighted by Crippen LogP contribution is 2.29. The van der Waals surface area contributed by atoms with Gasteiger partial charge in [0.15, 0.2) is 0 Å². The topological polar surface area (TPSA) is 43.1 Å². The summed E-state index contributed by atoms with van der Waals surface area (Å²) in [4.78, 5) is 15.6. The first-order chi connectivity index (χ1) is 9.15. The van der Waals surface area contributed by atoms with Crippen LogP contribution in [0.15, 0.2) is 51.7 Å². The Labute approximate surface area is 114 Å². The third-order valence-electron chi connectivity index (χ3n) is 2.93. The lowest BCUT2D eigenvalue weighted by Gasteiger charge is -2.06. The summed E-state index contributed by atoms with van der Waals surface area (Å²) >= 11 is 6.08. The van der Waals surface area contributed by atoms with Crippen LogP contribution in [0.2, 0.25) is 5.02 Å². The van der Waals surface area contributed by atoms with Gasteiger partial charge in [-0.2, -0.15) is 4.98 Å². The number of fused-ring (bicyclic) bond motifs is 1. The van der Waals surface area contributed by atoms with Gasteiger partial charge in [0.1, 0.15) is 5.58 Å². The van der Waals surface area contributed by atoms with Crippen molar-refractivity contribution >= 4 is 22.6 Å². The zero-order valence-electron chi connectivity index (χ0n) is 10.2. The Morgan fingerprint density at radius 2 is 1.89 bits per heavy atom. The lowest BCUT2D eigenvalue weighted by Crippen LogP contribution is -2.06. The maximum Gasteiger partial charge on any atom is 0.439 e. The Kier molecular flexibility index (Phi) is 2.84. The summed E-state index contributed by atoms with van der Waals surface area (Å²) in [5.74, 6) is -0.600. The van der Waals surface area contributed by atoms with E-state index in [9.17, 15) is 4.79 Å². The predicted molar refractivity (Wildman–Crippen MR) is 75.5 cm³/mol. The summed E-state index contributed by atoms with van der Waals surface area (Å²) in [5, 5.41) is 1.34. The zero-order chi connectivity index (χ0) is 13.4.